The zero-order valence-electron chi connectivity index (χ0n) is 23.1. The van der Waals surface area contributed by atoms with Gasteiger partial charge in [0, 0.05) is 22.2 Å². The standard InChI is InChI=1S/C31H31N3O5S/c1-6-38-26(35)17-33-20(5)23(22-14-10-11-15-24(22)33)16-25-29(36)34-28(21-12-8-7-9-13-21)27(30(37)39-18(2)3)19(4)32-31(34)40-25/h7-16,18,28H,6,17H2,1-5H3. The summed E-state index contributed by atoms with van der Waals surface area (Å²) in [6, 6.07) is 16.6. The van der Waals surface area contributed by atoms with Crippen molar-refractivity contribution >= 4 is 40.3 Å². The summed E-state index contributed by atoms with van der Waals surface area (Å²) in [5.41, 5.74) is 3.98. The van der Waals surface area contributed by atoms with E-state index in [0.29, 0.717) is 27.2 Å². The van der Waals surface area contributed by atoms with Gasteiger partial charge in [0.05, 0.1) is 34.6 Å². The highest BCUT2D eigenvalue weighted by atomic mass is 32.1. The van der Waals surface area contributed by atoms with Gasteiger partial charge in [0.25, 0.3) is 5.56 Å². The summed E-state index contributed by atoms with van der Waals surface area (Å²) in [4.78, 5) is 44.8. The Morgan fingerprint density at radius 1 is 1.07 bits per heavy atom. The van der Waals surface area contributed by atoms with E-state index in [1.807, 2.05) is 72.2 Å². The van der Waals surface area contributed by atoms with Crippen molar-refractivity contribution in [3.63, 3.8) is 0 Å². The Bertz CT molecular complexity index is 1830. The lowest BCUT2D eigenvalue weighted by molar-refractivity contribution is -0.144. The molecule has 1 unspecified atom stereocenters. The lowest BCUT2D eigenvalue weighted by Gasteiger charge is -2.25. The number of ether oxygens (including phenoxy) is 2. The summed E-state index contributed by atoms with van der Waals surface area (Å²) in [5.74, 6) is -0.811. The number of aromatic nitrogens is 2. The molecule has 3 heterocycles. The maximum atomic E-state index is 14.0. The monoisotopic (exact) mass is 557 g/mol. The second-order valence-electron chi connectivity index (χ2n) is 9.85. The third-order valence-electron chi connectivity index (χ3n) is 6.85. The smallest absolute Gasteiger partial charge is 0.338 e. The number of esters is 2. The molecule has 206 valence electrons. The minimum atomic E-state index is -0.669. The molecule has 9 heteroatoms. The third kappa shape index (κ3) is 4.93. The molecule has 1 atom stereocenters. The summed E-state index contributed by atoms with van der Waals surface area (Å²) in [5, 5.41) is 0.923. The van der Waals surface area contributed by atoms with Gasteiger partial charge < -0.3 is 14.0 Å². The first-order valence-corrected chi connectivity index (χ1v) is 14.0. The van der Waals surface area contributed by atoms with Crippen molar-refractivity contribution in [3.05, 3.63) is 102 Å². The normalized spacial score (nSPS) is 15.3. The van der Waals surface area contributed by atoms with Crippen LogP contribution >= 0.6 is 11.3 Å². The van der Waals surface area contributed by atoms with Crippen LogP contribution in [0.3, 0.4) is 0 Å². The topological polar surface area (TPSA) is 91.9 Å². The summed E-state index contributed by atoms with van der Waals surface area (Å²) < 4.78 is 14.7. The van der Waals surface area contributed by atoms with Gasteiger partial charge in [0.15, 0.2) is 4.80 Å². The van der Waals surface area contributed by atoms with Crippen LogP contribution in [-0.2, 0) is 25.6 Å². The molecule has 8 nitrogen and oxygen atoms in total. The summed E-state index contributed by atoms with van der Waals surface area (Å²) in [6.45, 7) is 9.45. The summed E-state index contributed by atoms with van der Waals surface area (Å²) in [7, 11) is 0. The molecular formula is C31H31N3O5S. The molecular weight excluding hydrogens is 526 g/mol. The molecule has 0 amide bonds. The number of rotatable bonds is 7. The highest BCUT2D eigenvalue weighted by Gasteiger charge is 2.33. The zero-order valence-corrected chi connectivity index (χ0v) is 24.0. The van der Waals surface area contributed by atoms with Gasteiger partial charge in [0.1, 0.15) is 6.54 Å². The quantitative estimate of drug-likeness (QED) is 0.320. The molecule has 0 aliphatic carbocycles. The Kier molecular flexibility index (Phi) is 7.58. The zero-order chi connectivity index (χ0) is 28.6. The van der Waals surface area contributed by atoms with Crippen molar-refractivity contribution < 1.29 is 19.1 Å². The molecule has 0 saturated carbocycles. The van der Waals surface area contributed by atoms with E-state index in [1.54, 1.807) is 32.3 Å². The third-order valence-corrected chi connectivity index (χ3v) is 7.83. The second-order valence-corrected chi connectivity index (χ2v) is 10.9. The van der Waals surface area contributed by atoms with Crippen molar-refractivity contribution in [1.82, 2.24) is 9.13 Å². The first-order valence-electron chi connectivity index (χ1n) is 13.2. The minimum absolute atomic E-state index is 0.0732. The van der Waals surface area contributed by atoms with Crippen LogP contribution in [0.1, 0.15) is 50.6 Å². The number of para-hydroxylation sites is 1. The van der Waals surface area contributed by atoms with Gasteiger partial charge in [-0.2, -0.15) is 0 Å². The van der Waals surface area contributed by atoms with Crippen LogP contribution in [0, 0.1) is 6.92 Å². The number of fused-ring (bicyclic) bond motifs is 2. The Morgan fingerprint density at radius 3 is 2.48 bits per heavy atom. The van der Waals surface area contributed by atoms with Crippen LogP contribution in [0.25, 0.3) is 17.0 Å². The van der Waals surface area contributed by atoms with Gasteiger partial charge in [-0.25, -0.2) is 9.79 Å². The van der Waals surface area contributed by atoms with E-state index < -0.39 is 12.0 Å². The predicted molar refractivity (Wildman–Crippen MR) is 155 cm³/mol. The van der Waals surface area contributed by atoms with E-state index in [0.717, 1.165) is 27.7 Å². The second kappa shape index (κ2) is 11.1. The number of hydrogen-bond acceptors (Lipinski definition) is 7. The van der Waals surface area contributed by atoms with Gasteiger partial charge in [-0.05, 0) is 52.3 Å². The number of thiazole rings is 1. The molecule has 40 heavy (non-hydrogen) atoms. The Balaban J connectivity index is 1.71. The largest absolute Gasteiger partial charge is 0.465 e. The van der Waals surface area contributed by atoms with Crippen LogP contribution in [0.2, 0.25) is 0 Å². The average molecular weight is 558 g/mol. The van der Waals surface area contributed by atoms with Crippen molar-refractivity contribution in [2.75, 3.05) is 6.61 Å². The van der Waals surface area contributed by atoms with Gasteiger partial charge in [0.2, 0.25) is 0 Å². The number of carbonyl (C=O) groups is 2. The fourth-order valence-electron chi connectivity index (χ4n) is 5.12. The van der Waals surface area contributed by atoms with Crippen molar-refractivity contribution in [1.29, 1.82) is 0 Å². The molecule has 4 aromatic rings. The van der Waals surface area contributed by atoms with E-state index in [9.17, 15) is 14.4 Å². The highest BCUT2D eigenvalue weighted by molar-refractivity contribution is 7.07. The van der Waals surface area contributed by atoms with E-state index in [2.05, 4.69) is 4.99 Å². The fourth-order valence-corrected chi connectivity index (χ4v) is 6.15. The van der Waals surface area contributed by atoms with Crippen LogP contribution < -0.4 is 14.9 Å². The van der Waals surface area contributed by atoms with E-state index in [4.69, 9.17) is 9.47 Å². The molecule has 2 aromatic heterocycles. The van der Waals surface area contributed by atoms with Gasteiger partial charge >= 0.3 is 11.9 Å². The first kappa shape index (κ1) is 27.3. The first-order chi connectivity index (χ1) is 19.2. The van der Waals surface area contributed by atoms with Gasteiger partial charge in [-0.1, -0.05) is 59.9 Å². The number of carbonyl (C=O) groups excluding carboxylic acids is 2. The van der Waals surface area contributed by atoms with Crippen LogP contribution in [-0.4, -0.2) is 33.8 Å². The summed E-state index contributed by atoms with van der Waals surface area (Å²) >= 11 is 1.28. The van der Waals surface area contributed by atoms with E-state index in [1.165, 1.54) is 11.3 Å². The number of nitrogens with zero attached hydrogens (tertiary/aromatic N) is 3. The molecule has 1 aliphatic rings. The number of allylic oxidation sites excluding steroid dienone is 1. The Morgan fingerprint density at radius 2 is 1.77 bits per heavy atom. The minimum Gasteiger partial charge on any atom is -0.465 e. The average Bonchev–Trinajstić information content (AvgIpc) is 3.36. The maximum absolute atomic E-state index is 14.0. The molecule has 1 aliphatic heterocycles. The lowest BCUT2D eigenvalue weighted by Crippen LogP contribution is -2.40. The fraction of sp³-hybridized carbons (Fsp3) is 0.290. The van der Waals surface area contributed by atoms with Crippen molar-refractivity contribution in [2.24, 2.45) is 4.99 Å². The molecule has 5 rings (SSSR count). The SMILES string of the molecule is CCOC(=O)Cn1c(C)c(C=c2sc3n(c2=O)C(c2ccccc2)C(C(=O)OC(C)C)=C(C)N=3)c2ccccc21. The molecule has 0 fully saturated rings. The molecule has 0 radical (unpaired) electrons. The lowest BCUT2D eigenvalue weighted by atomic mass is 9.96. The maximum Gasteiger partial charge on any atom is 0.338 e. The highest BCUT2D eigenvalue weighted by Crippen LogP contribution is 2.31. The van der Waals surface area contributed by atoms with Crippen LogP contribution in [0.15, 0.2) is 75.7 Å². The van der Waals surface area contributed by atoms with Crippen LogP contribution in [0.5, 0.6) is 0 Å². The van der Waals surface area contributed by atoms with Gasteiger partial charge in [-0.15, -0.1) is 0 Å². The van der Waals surface area contributed by atoms with E-state index >= 15 is 0 Å². The van der Waals surface area contributed by atoms with Gasteiger partial charge in [-0.3, -0.25) is 14.2 Å². The predicted octanol–water partition coefficient (Wildman–Crippen LogP) is 4.01. The molecule has 0 N–H and O–H groups in total. The van der Waals surface area contributed by atoms with Crippen LogP contribution in [0.4, 0.5) is 0 Å². The Labute approximate surface area is 235 Å². The molecule has 0 spiro atoms. The van der Waals surface area contributed by atoms with Crippen molar-refractivity contribution in [3.8, 4) is 0 Å². The Hall–Kier alpha value is -4.24. The van der Waals surface area contributed by atoms with Crippen molar-refractivity contribution in [2.45, 2.75) is 53.3 Å². The molecule has 2 aromatic carbocycles. The number of hydrogen-bond donors (Lipinski definition) is 0. The molecule has 0 saturated heterocycles. The number of benzene rings is 2. The summed E-state index contributed by atoms with van der Waals surface area (Å²) in [6.07, 6.45) is 1.54. The van der Waals surface area contributed by atoms with E-state index in [-0.39, 0.29) is 24.2 Å². The molecule has 0 bridgehead atoms.